The van der Waals surface area contributed by atoms with Crippen LogP contribution in [0.5, 0.6) is 5.75 Å². The first kappa shape index (κ1) is 21.6. The molecule has 2 rings (SSSR count). The molecule has 0 spiro atoms. The number of hydrogen-bond donors (Lipinski definition) is 2. The highest BCUT2D eigenvalue weighted by molar-refractivity contribution is 14.0. The van der Waals surface area contributed by atoms with Crippen LogP contribution in [-0.2, 0) is 13.1 Å². The largest absolute Gasteiger partial charge is 0.496 e. The van der Waals surface area contributed by atoms with Crippen LogP contribution in [0.15, 0.2) is 52.4 Å². The average molecular weight is 471 g/mol. The van der Waals surface area contributed by atoms with E-state index in [2.05, 4.69) is 65.2 Å². The maximum Gasteiger partial charge on any atom is 0.191 e. The van der Waals surface area contributed by atoms with Gasteiger partial charge < -0.3 is 15.4 Å². The Hall–Kier alpha value is -1.41. The van der Waals surface area contributed by atoms with Gasteiger partial charge in [0.05, 0.1) is 7.11 Å². The van der Waals surface area contributed by atoms with Crippen molar-refractivity contribution in [1.29, 1.82) is 0 Å². The molecule has 0 saturated heterocycles. The van der Waals surface area contributed by atoms with Gasteiger partial charge in [-0.15, -0.1) is 35.7 Å². The lowest BCUT2D eigenvalue weighted by molar-refractivity contribution is 0.408. The second kappa shape index (κ2) is 11.3. The molecule has 0 aliphatic rings. The number of hydrogen-bond acceptors (Lipinski definition) is 3. The highest BCUT2D eigenvalue weighted by Gasteiger charge is 2.05. The van der Waals surface area contributed by atoms with Crippen molar-refractivity contribution in [2.45, 2.75) is 24.9 Å². The molecule has 0 radical (unpaired) electrons. The van der Waals surface area contributed by atoms with E-state index in [1.165, 1.54) is 16.0 Å². The normalized spacial score (nSPS) is 10.8. The smallest absolute Gasteiger partial charge is 0.191 e. The van der Waals surface area contributed by atoms with Gasteiger partial charge >= 0.3 is 0 Å². The van der Waals surface area contributed by atoms with Crippen molar-refractivity contribution in [2.75, 3.05) is 20.4 Å². The number of thioether (sulfide) groups is 1. The molecular weight excluding hydrogens is 445 g/mol. The van der Waals surface area contributed by atoms with Crippen molar-refractivity contribution in [2.24, 2.45) is 4.99 Å². The van der Waals surface area contributed by atoms with Gasteiger partial charge in [-0.25, -0.2) is 0 Å². The number of nitrogens with one attached hydrogen (secondary N) is 2. The summed E-state index contributed by atoms with van der Waals surface area (Å²) in [6.07, 6.45) is 2.08. The fourth-order valence-corrected chi connectivity index (χ4v) is 2.73. The number of aliphatic imine (C=N–C) groups is 1. The zero-order chi connectivity index (χ0) is 17.4. The molecule has 0 aliphatic carbocycles. The summed E-state index contributed by atoms with van der Waals surface area (Å²) in [6.45, 7) is 3.45. The highest BCUT2D eigenvalue weighted by atomic mass is 127. The summed E-state index contributed by atoms with van der Waals surface area (Å²) in [5.74, 6) is 1.66. The molecule has 2 N–H and O–H groups in total. The lowest BCUT2D eigenvalue weighted by Crippen LogP contribution is -2.36. The topological polar surface area (TPSA) is 45.7 Å². The SMILES string of the molecule is CN=C(NCc1ccc(SC)cc1)NCc1ccc(C)cc1OC.I. The maximum absolute atomic E-state index is 5.44. The summed E-state index contributed by atoms with van der Waals surface area (Å²) < 4.78 is 5.44. The van der Waals surface area contributed by atoms with Crippen LogP contribution in [0.2, 0.25) is 0 Å². The summed E-state index contributed by atoms with van der Waals surface area (Å²) in [5, 5.41) is 6.66. The van der Waals surface area contributed by atoms with Crippen LogP contribution < -0.4 is 15.4 Å². The van der Waals surface area contributed by atoms with Crippen LogP contribution >= 0.6 is 35.7 Å². The molecule has 6 heteroatoms. The molecule has 0 unspecified atom stereocenters. The van der Waals surface area contributed by atoms with Gasteiger partial charge in [-0.1, -0.05) is 24.3 Å². The zero-order valence-electron chi connectivity index (χ0n) is 15.1. The zero-order valence-corrected chi connectivity index (χ0v) is 18.3. The molecule has 4 nitrogen and oxygen atoms in total. The van der Waals surface area contributed by atoms with Crippen LogP contribution in [0.4, 0.5) is 0 Å². The van der Waals surface area contributed by atoms with Crippen molar-refractivity contribution in [1.82, 2.24) is 10.6 Å². The quantitative estimate of drug-likeness (QED) is 0.287. The van der Waals surface area contributed by atoms with Crippen LogP contribution in [-0.4, -0.2) is 26.4 Å². The molecule has 2 aromatic rings. The third kappa shape index (κ3) is 6.78. The Morgan fingerprint density at radius 3 is 2.36 bits per heavy atom. The van der Waals surface area contributed by atoms with E-state index in [1.807, 2.05) is 6.07 Å². The number of guanidine groups is 1. The first-order chi connectivity index (χ1) is 11.7. The van der Waals surface area contributed by atoms with E-state index < -0.39 is 0 Å². The lowest BCUT2D eigenvalue weighted by atomic mass is 10.1. The monoisotopic (exact) mass is 471 g/mol. The Balaban J connectivity index is 0.00000312. The summed E-state index contributed by atoms with van der Waals surface area (Å²) in [4.78, 5) is 5.55. The third-order valence-electron chi connectivity index (χ3n) is 3.73. The lowest BCUT2D eigenvalue weighted by Gasteiger charge is -2.14. The van der Waals surface area contributed by atoms with Gasteiger partial charge in [0.25, 0.3) is 0 Å². The van der Waals surface area contributed by atoms with E-state index in [4.69, 9.17) is 4.74 Å². The van der Waals surface area contributed by atoms with Gasteiger partial charge in [-0.3, -0.25) is 4.99 Å². The third-order valence-corrected chi connectivity index (χ3v) is 4.48. The van der Waals surface area contributed by atoms with Crippen LogP contribution in [0.3, 0.4) is 0 Å². The van der Waals surface area contributed by atoms with Crippen LogP contribution in [0, 0.1) is 6.92 Å². The van der Waals surface area contributed by atoms with E-state index in [0.717, 1.165) is 23.8 Å². The van der Waals surface area contributed by atoms with Crippen molar-refractivity contribution in [3.63, 3.8) is 0 Å². The average Bonchev–Trinajstić information content (AvgIpc) is 2.63. The van der Waals surface area contributed by atoms with Gasteiger partial charge in [0.15, 0.2) is 5.96 Å². The van der Waals surface area contributed by atoms with E-state index in [0.29, 0.717) is 6.54 Å². The molecule has 0 bridgehead atoms. The number of aryl methyl sites for hydroxylation is 1. The van der Waals surface area contributed by atoms with Crippen LogP contribution in [0.25, 0.3) is 0 Å². The molecule has 0 fully saturated rings. The van der Waals surface area contributed by atoms with E-state index in [1.54, 1.807) is 25.9 Å². The van der Waals surface area contributed by atoms with Crippen molar-refractivity contribution >= 4 is 41.7 Å². The molecule has 0 aliphatic heterocycles. The highest BCUT2D eigenvalue weighted by Crippen LogP contribution is 2.19. The van der Waals surface area contributed by atoms with Crippen molar-refractivity contribution in [3.8, 4) is 5.75 Å². The Bertz CT molecular complexity index is 690. The van der Waals surface area contributed by atoms with E-state index in [-0.39, 0.29) is 24.0 Å². The second-order valence-corrected chi connectivity index (χ2v) is 6.32. The molecule has 0 saturated carbocycles. The van der Waals surface area contributed by atoms with Crippen molar-refractivity contribution in [3.05, 3.63) is 59.2 Å². The molecule has 0 heterocycles. The standard InChI is InChI=1S/C19H25N3OS.HI/c1-14-5-8-16(18(11-14)23-3)13-22-19(20-2)21-12-15-6-9-17(24-4)10-7-15;/h5-11H,12-13H2,1-4H3,(H2,20,21,22);1H. The van der Waals surface area contributed by atoms with Crippen molar-refractivity contribution < 1.29 is 4.74 Å². The Morgan fingerprint density at radius 1 is 1.08 bits per heavy atom. The van der Waals surface area contributed by atoms with E-state index >= 15 is 0 Å². The Labute approximate surface area is 171 Å². The number of rotatable bonds is 6. The minimum absolute atomic E-state index is 0. The van der Waals surface area contributed by atoms with Gasteiger partial charge in [0.1, 0.15) is 5.75 Å². The maximum atomic E-state index is 5.44. The fourth-order valence-electron chi connectivity index (χ4n) is 2.33. The summed E-state index contributed by atoms with van der Waals surface area (Å²) in [7, 11) is 3.47. The fraction of sp³-hybridized carbons (Fsp3) is 0.316. The summed E-state index contributed by atoms with van der Waals surface area (Å²) in [5.41, 5.74) is 3.52. The summed E-state index contributed by atoms with van der Waals surface area (Å²) in [6, 6.07) is 14.7. The molecule has 0 amide bonds. The number of methoxy groups -OCH3 is 1. The molecular formula is C19H26IN3OS. The number of benzene rings is 2. The molecule has 0 atom stereocenters. The predicted octanol–water partition coefficient (Wildman–Crippen LogP) is 4.21. The van der Waals surface area contributed by atoms with Crippen LogP contribution in [0.1, 0.15) is 16.7 Å². The minimum Gasteiger partial charge on any atom is -0.496 e. The minimum atomic E-state index is 0. The van der Waals surface area contributed by atoms with Gasteiger partial charge in [-0.05, 0) is 42.5 Å². The molecule has 25 heavy (non-hydrogen) atoms. The first-order valence-corrected chi connectivity index (χ1v) is 9.09. The number of ether oxygens (including phenoxy) is 1. The van der Waals surface area contributed by atoms with Gasteiger partial charge in [-0.2, -0.15) is 0 Å². The Kier molecular flexibility index (Phi) is 9.74. The number of halogens is 1. The predicted molar refractivity (Wildman–Crippen MR) is 118 cm³/mol. The Morgan fingerprint density at radius 2 is 1.76 bits per heavy atom. The van der Waals surface area contributed by atoms with Gasteiger partial charge in [0, 0.05) is 30.6 Å². The second-order valence-electron chi connectivity index (χ2n) is 5.44. The first-order valence-electron chi connectivity index (χ1n) is 7.87. The van der Waals surface area contributed by atoms with E-state index in [9.17, 15) is 0 Å². The molecule has 136 valence electrons. The number of nitrogens with zero attached hydrogens (tertiary/aromatic N) is 1. The summed E-state index contributed by atoms with van der Waals surface area (Å²) >= 11 is 1.75. The molecule has 2 aromatic carbocycles. The van der Waals surface area contributed by atoms with Gasteiger partial charge in [0.2, 0.25) is 0 Å². The molecule has 0 aromatic heterocycles.